The van der Waals surface area contributed by atoms with Gasteiger partial charge in [0.15, 0.2) is 13.2 Å². The van der Waals surface area contributed by atoms with Crippen LogP contribution in [-0.2, 0) is 16.1 Å². The molecular formula is C20H20N2O4. The highest BCUT2D eigenvalue weighted by Gasteiger charge is 2.12. The Balaban J connectivity index is 1.51. The second-order valence-electron chi connectivity index (χ2n) is 6.07. The van der Waals surface area contributed by atoms with Crippen LogP contribution in [0.15, 0.2) is 46.9 Å². The van der Waals surface area contributed by atoms with Crippen molar-refractivity contribution in [2.75, 3.05) is 6.61 Å². The summed E-state index contributed by atoms with van der Waals surface area (Å²) in [6.07, 6.45) is 0. The number of nitrogens with zero attached hydrogens (tertiary/aromatic N) is 2. The van der Waals surface area contributed by atoms with Crippen LogP contribution in [0.5, 0.6) is 5.75 Å². The van der Waals surface area contributed by atoms with Gasteiger partial charge in [-0.3, -0.25) is 0 Å². The summed E-state index contributed by atoms with van der Waals surface area (Å²) in [5.74, 6) is 0.760. The van der Waals surface area contributed by atoms with Gasteiger partial charge in [0.2, 0.25) is 5.89 Å². The number of aryl methyl sites for hydroxylation is 3. The Bertz CT molecular complexity index is 918. The molecule has 1 aromatic heterocycles. The van der Waals surface area contributed by atoms with E-state index in [1.165, 1.54) is 5.56 Å². The Kier molecular flexibility index (Phi) is 5.31. The van der Waals surface area contributed by atoms with Gasteiger partial charge in [-0.1, -0.05) is 23.8 Å². The van der Waals surface area contributed by atoms with Crippen molar-refractivity contribution in [3.05, 3.63) is 65.0 Å². The van der Waals surface area contributed by atoms with Crippen LogP contribution in [-0.4, -0.2) is 22.8 Å². The van der Waals surface area contributed by atoms with Gasteiger partial charge >= 0.3 is 5.97 Å². The summed E-state index contributed by atoms with van der Waals surface area (Å²) in [4.78, 5) is 11.8. The molecule has 6 heteroatoms. The van der Waals surface area contributed by atoms with Crippen molar-refractivity contribution in [1.82, 2.24) is 10.2 Å². The first-order valence-corrected chi connectivity index (χ1v) is 8.26. The van der Waals surface area contributed by atoms with E-state index in [1.54, 1.807) is 0 Å². The van der Waals surface area contributed by atoms with Gasteiger partial charge in [0.1, 0.15) is 5.75 Å². The molecule has 0 N–H and O–H groups in total. The minimum atomic E-state index is -0.501. The Morgan fingerprint density at radius 3 is 2.65 bits per heavy atom. The second kappa shape index (κ2) is 7.82. The number of ether oxygens (including phenoxy) is 2. The smallest absolute Gasteiger partial charge is 0.344 e. The predicted octanol–water partition coefficient (Wildman–Crippen LogP) is 3.78. The van der Waals surface area contributed by atoms with Gasteiger partial charge < -0.3 is 13.9 Å². The van der Waals surface area contributed by atoms with Gasteiger partial charge in [-0.15, -0.1) is 10.2 Å². The molecule has 6 nitrogen and oxygen atoms in total. The molecule has 0 amide bonds. The van der Waals surface area contributed by atoms with Gasteiger partial charge in [-0.2, -0.15) is 0 Å². The zero-order valence-electron chi connectivity index (χ0n) is 15.0. The van der Waals surface area contributed by atoms with Gasteiger partial charge in [-0.05, 0) is 56.2 Å². The van der Waals surface area contributed by atoms with E-state index in [4.69, 9.17) is 13.9 Å². The van der Waals surface area contributed by atoms with Crippen molar-refractivity contribution >= 4 is 5.97 Å². The Labute approximate surface area is 151 Å². The highest BCUT2D eigenvalue weighted by atomic mass is 16.6. The third kappa shape index (κ3) is 4.47. The van der Waals surface area contributed by atoms with Gasteiger partial charge in [0.05, 0.1) is 0 Å². The molecule has 0 aliphatic carbocycles. The summed E-state index contributed by atoms with van der Waals surface area (Å²) < 4.78 is 16.1. The Morgan fingerprint density at radius 2 is 1.88 bits per heavy atom. The maximum Gasteiger partial charge on any atom is 0.344 e. The van der Waals surface area contributed by atoms with E-state index in [-0.39, 0.29) is 19.1 Å². The summed E-state index contributed by atoms with van der Waals surface area (Å²) in [7, 11) is 0. The van der Waals surface area contributed by atoms with Crippen LogP contribution in [0.2, 0.25) is 0 Å². The lowest BCUT2D eigenvalue weighted by molar-refractivity contribution is -0.148. The van der Waals surface area contributed by atoms with Crippen LogP contribution >= 0.6 is 0 Å². The number of benzene rings is 2. The molecule has 0 saturated carbocycles. The van der Waals surface area contributed by atoms with Crippen LogP contribution in [0.25, 0.3) is 11.5 Å². The molecule has 26 heavy (non-hydrogen) atoms. The third-order valence-corrected chi connectivity index (χ3v) is 3.92. The normalized spacial score (nSPS) is 10.6. The lowest BCUT2D eigenvalue weighted by atomic mass is 10.1. The van der Waals surface area contributed by atoms with Crippen molar-refractivity contribution < 1.29 is 18.7 Å². The number of carbonyl (C=O) groups is 1. The van der Waals surface area contributed by atoms with Crippen molar-refractivity contribution in [2.24, 2.45) is 0 Å². The maximum atomic E-state index is 11.8. The number of hydrogen-bond acceptors (Lipinski definition) is 6. The predicted molar refractivity (Wildman–Crippen MR) is 95.7 cm³/mol. The number of esters is 1. The molecule has 0 atom stereocenters. The zero-order valence-corrected chi connectivity index (χ0v) is 15.0. The monoisotopic (exact) mass is 352 g/mol. The average molecular weight is 352 g/mol. The first-order chi connectivity index (χ1) is 12.5. The lowest BCUT2D eigenvalue weighted by Gasteiger charge is -2.07. The second-order valence-corrected chi connectivity index (χ2v) is 6.07. The molecule has 0 fully saturated rings. The third-order valence-electron chi connectivity index (χ3n) is 3.92. The summed E-state index contributed by atoms with van der Waals surface area (Å²) in [6, 6.07) is 13.4. The van der Waals surface area contributed by atoms with Gasteiger partial charge in [0, 0.05) is 5.56 Å². The van der Waals surface area contributed by atoms with E-state index in [0.717, 1.165) is 16.7 Å². The van der Waals surface area contributed by atoms with E-state index < -0.39 is 5.97 Å². The molecule has 3 aromatic rings. The number of rotatable bonds is 6. The Morgan fingerprint density at radius 1 is 1.04 bits per heavy atom. The van der Waals surface area contributed by atoms with Crippen molar-refractivity contribution in [2.45, 2.75) is 27.4 Å². The molecular weight excluding hydrogens is 332 g/mol. The van der Waals surface area contributed by atoms with Crippen LogP contribution in [0.4, 0.5) is 0 Å². The largest absolute Gasteiger partial charge is 0.482 e. The topological polar surface area (TPSA) is 74.5 Å². The fourth-order valence-corrected chi connectivity index (χ4v) is 2.34. The highest BCUT2D eigenvalue weighted by Crippen LogP contribution is 2.19. The first-order valence-electron chi connectivity index (χ1n) is 8.26. The highest BCUT2D eigenvalue weighted by molar-refractivity contribution is 5.71. The molecule has 0 bridgehead atoms. The molecule has 0 aliphatic rings. The van der Waals surface area contributed by atoms with E-state index in [9.17, 15) is 4.79 Å². The van der Waals surface area contributed by atoms with Gasteiger partial charge in [0.25, 0.3) is 5.89 Å². The number of aromatic nitrogens is 2. The van der Waals surface area contributed by atoms with Crippen molar-refractivity contribution in [3.8, 4) is 17.2 Å². The first kappa shape index (κ1) is 17.7. The molecule has 0 spiro atoms. The maximum absolute atomic E-state index is 11.8. The van der Waals surface area contributed by atoms with Crippen molar-refractivity contribution in [3.63, 3.8) is 0 Å². The van der Waals surface area contributed by atoms with E-state index in [2.05, 4.69) is 10.2 Å². The lowest BCUT2D eigenvalue weighted by Crippen LogP contribution is -2.15. The van der Waals surface area contributed by atoms with Crippen LogP contribution in [0, 0.1) is 20.8 Å². The van der Waals surface area contributed by atoms with Crippen LogP contribution < -0.4 is 4.74 Å². The summed E-state index contributed by atoms with van der Waals surface area (Å²) in [5.41, 5.74) is 4.19. The molecule has 0 radical (unpaired) electrons. The van der Waals surface area contributed by atoms with E-state index in [0.29, 0.717) is 11.6 Å². The minimum Gasteiger partial charge on any atom is -0.482 e. The van der Waals surface area contributed by atoms with Crippen molar-refractivity contribution in [1.29, 1.82) is 0 Å². The fourth-order valence-electron chi connectivity index (χ4n) is 2.34. The molecule has 0 unspecified atom stereocenters. The standard InChI is InChI=1S/C20H20N2O4/c1-13-5-4-6-16(9-13)20-22-21-18(26-20)11-25-19(23)12-24-17-8-7-14(2)15(3)10-17/h4-10H,11-12H2,1-3H3. The minimum absolute atomic E-state index is 0.0894. The SMILES string of the molecule is Cc1cccc(-c2nnc(COC(=O)COc3ccc(C)c(C)c3)o2)c1. The van der Waals surface area contributed by atoms with E-state index >= 15 is 0 Å². The quantitative estimate of drug-likeness (QED) is 0.629. The molecule has 2 aromatic carbocycles. The summed E-state index contributed by atoms with van der Waals surface area (Å²) >= 11 is 0. The zero-order chi connectivity index (χ0) is 18.5. The van der Waals surface area contributed by atoms with Gasteiger partial charge in [-0.25, -0.2) is 4.79 Å². The van der Waals surface area contributed by atoms with Crippen LogP contribution in [0.1, 0.15) is 22.6 Å². The molecule has 0 saturated heterocycles. The molecule has 134 valence electrons. The number of carbonyl (C=O) groups excluding carboxylic acids is 1. The summed E-state index contributed by atoms with van der Waals surface area (Å²) in [6.45, 7) is 5.72. The average Bonchev–Trinajstić information content (AvgIpc) is 3.10. The summed E-state index contributed by atoms with van der Waals surface area (Å²) in [5, 5.41) is 7.88. The van der Waals surface area contributed by atoms with Crippen LogP contribution in [0.3, 0.4) is 0 Å². The fraction of sp³-hybridized carbons (Fsp3) is 0.250. The number of hydrogen-bond donors (Lipinski definition) is 0. The molecule has 1 heterocycles. The molecule has 0 aliphatic heterocycles. The van der Waals surface area contributed by atoms with E-state index in [1.807, 2.05) is 63.2 Å². The molecule has 3 rings (SSSR count). The Hall–Kier alpha value is -3.15.